The van der Waals surface area contributed by atoms with Crippen LogP contribution in [0.4, 0.5) is 5.95 Å². The van der Waals surface area contributed by atoms with Crippen molar-refractivity contribution in [2.45, 2.75) is 19.9 Å². The van der Waals surface area contributed by atoms with Crippen LogP contribution in [-0.4, -0.2) is 21.0 Å². The predicted octanol–water partition coefficient (Wildman–Crippen LogP) is 3.64. The molecule has 3 rings (SSSR count). The highest BCUT2D eigenvalue weighted by atomic mass is 32.1. The molecule has 92 valence electrons. The van der Waals surface area contributed by atoms with Crippen LogP contribution in [0.2, 0.25) is 0 Å². The van der Waals surface area contributed by atoms with Crippen LogP contribution >= 0.6 is 22.7 Å². The average Bonchev–Trinajstić information content (AvgIpc) is 2.97. The summed E-state index contributed by atoms with van der Waals surface area (Å²) in [5, 5.41) is 8.19. The Morgan fingerprint density at radius 1 is 1.17 bits per heavy atom. The molecule has 0 spiro atoms. The van der Waals surface area contributed by atoms with Crippen molar-refractivity contribution < 1.29 is 0 Å². The molecule has 0 aliphatic carbocycles. The van der Waals surface area contributed by atoms with E-state index in [1.165, 1.54) is 0 Å². The van der Waals surface area contributed by atoms with Gasteiger partial charge in [-0.15, -0.1) is 22.7 Å². The second-order valence-corrected chi connectivity index (χ2v) is 5.98. The van der Waals surface area contributed by atoms with Gasteiger partial charge in [0.15, 0.2) is 0 Å². The number of nitrogens with zero attached hydrogens (tertiary/aromatic N) is 3. The summed E-state index contributed by atoms with van der Waals surface area (Å²) in [6.45, 7) is 4.15. The van der Waals surface area contributed by atoms with Crippen molar-refractivity contribution in [3.05, 3.63) is 23.0 Å². The molecule has 6 heteroatoms. The molecule has 0 fully saturated rings. The van der Waals surface area contributed by atoms with Crippen LogP contribution in [0, 0.1) is 0 Å². The SMILES string of the molecule is CC(C)Nc1nc(-c2nccs2)c2sccc2n1. The molecule has 0 aliphatic rings. The van der Waals surface area contributed by atoms with E-state index in [1.54, 1.807) is 28.9 Å². The first-order valence-electron chi connectivity index (χ1n) is 5.65. The number of hydrogen-bond acceptors (Lipinski definition) is 6. The van der Waals surface area contributed by atoms with Crippen molar-refractivity contribution >= 4 is 38.8 Å². The third kappa shape index (κ3) is 2.09. The topological polar surface area (TPSA) is 50.7 Å². The van der Waals surface area contributed by atoms with E-state index in [9.17, 15) is 0 Å². The van der Waals surface area contributed by atoms with Gasteiger partial charge in [-0.3, -0.25) is 0 Å². The molecule has 3 aromatic heterocycles. The van der Waals surface area contributed by atoms with Gasteiger partial charge in [-0.1, -0.05) is 0 Å². The standard InChI is InChI=1S/C12H12N4S2/c1-7(2)14-12-15-8-3-5-17-10(8)9(16-12)11-13-4-6-18-11/h3-7H,1-2H3,(H,14,15,16). The summed E-state index contributed by atoms with van der Waals surface area (Å²) in [5.74, 6) is 0.668. The molecule has 0 unspecified atom stereocenters. The van der Waals surface area contributed by atoms with Gasteiger partial charge in [-0.05, 0) is 25.3 Å². The lowest BCUT2D eigenvalue weighted by atomic mass is 10.3. The van der Waals surface area contributed by atoms with Crippen LogP contribution in [0.1, 0.15) is 13.8 Å². The van der Waals surface area contributed by atoms with Crippen LogP contribution in [0.25, 0.3) is 20.9 Å². The minimum absolute atomic E-state index is 0.310. The van der Waals surface area contributed by atoms with Crippen LogP contribution in [-0.2, 0) is 0 Å². The first-order chi connectivity index (χ1) is 8.74. The van der Waals surface area contributed by atoms with E-state index in [0.29, 0.717) is 12.0 Å². The Morgan fingerprint density at radius 3 is 2.78 bits per heavy atom. The highest BCUT2D eigenvalue weighted by Gasteiger charge is 2.13. The quantitative estimate of drug-likeness (QED) is 0.793. The molecule has 0 saturated carbocycles. The molecule has 3 aromatic rings. The zero-order valence-corrected chi connectivity index (χ0v) is 11.7. The number of anilines is 1. The van der Waals surface area contributed by atoms with E-state index >= 15 is 0 Å². The maximum absolute atomic E-state index is 4.59. The zero-order chi connectivity index (χ0) is 12.5. The lowest BCUT2D eigenvalue weighted by Crippen LogP contribution is -2.12. The Kier molecular flexibility index (Phi) is 2.97. The predicted molar refractivity (Wildman–Crippen MR) is 77.3 cm³/mol. The lowest BCUT2D eigenvalue weighted by molar-refractivity contribution is 0.878. The molecule has 0 bridgehead atoms. The summed E-state index contributed by atoms with van der Waals surface area (Å²) >= 11 is 3.25. The first-order valence-corrected chi connectivity index (χ1v) is 7.41. The average molecular weight is 276 g/mol. The highest BCUT2D eigenvalue weighted by molar-refractivity contribution is 7.18. The number of rotatable bonds is 3. The largest absolute Gasteiger partial charge is 0.352 e. The fourth-order valence-corrected chi connectivity index (χ4v) is 3.19. The van der Waals surface area contributed by atoms with E-state index < -0.39 is 0 Å². The number of aromatic nitrogens is 3. The summed E-state index contributed by atoms with van der Waals surface area (Å²) in [6.07, 6.45) is 1.80. The second kappa shape index (κ2) is 4.62. The van der Waals surface area contributed by atoms with E-state index in [0.717, 1.165) is 20.9 Å². The molecule has 1 N–H and O–H groups in total. The highest BCUT2D eigenvalue weighted by Crippen LogP contribution is 2.32. The number of thiazole rings is 1. The number of nitrogens with one attached hydrogen (secondary N) is 1. The summed E-state index contributed by atoms with van der Waals surface area (Å²) < 4.78 is 1.10. The van der Waals surface area contributed by atoms with Gasteiger partial charge in [0, 0.05) is 17.6 Å². The van der Waals surface area contributed by atoms with Gasteiger partial charge in [-0.25, -0.2) is 15.0 Å². The molecule has 3 heterocycles. The number of thiophene rings is 1. The first kappa shape index (κ1) is 11.6. The maximum atomic E-state index is 4.59. The Labute approximate surface area is 113 Å². The minimum Gasteiger partial charge on any atom is -0.352 e. The van der Waals surface area contributed by atoms with Gasteiger partial charge >= 0.3 is 0 Å². The summed E-state index contributed by atoms with van der Waals surface area (Å²) in [4.78, 5) is 13.4. The van der Waals surface area contributed by atoms with Gasteiger partial charge in [-0.2, -0.15) is 0 Å². The summed E-state index contributed by atoms with van der Waals surface area (Å²) in [5.41, 5.74) is 1.90. The molecular weight excluding hydrogens is 264 g/mol. The monoisotopic (exact) mass is 276 g/mol. The minimum atomic E-state index is 0.310. The van der Waals surface area contributed by atoms with Gasteiger partial charge < -0.3 is 5.32 Å². The van der Waals surface area contributed by atoms with Crippen LogP contribution in [0.3, 0.4) is 0 Å². The van der Waals surface area contributed by atoms with Crippen LogP contribution < -0.4 is 5.32 Å². The van der Waals surface area contributed by atoms with Crippen LogP contribution in [0.5, 0.6) is 0 Å². The Bertz CT molecular complexity index is 658. The third-order valence-corrected chi connectivity index (χ3v) is 4.05. The Balaban J connectivity index is 2.18. The molecule has 0 amide bonds. The number of hydrogen-bond donors (Lipinski definition) is 1. The van der Waals surface area contributed by atoms with E-state index in [-0.39, 0.29) is 0 Å². The van der Waals surface area contributed by atoms with Gasteiger partial charge in [0.05, 0.1) is 10.2 Å². The smallest absolute Gasteiger partial charge is 0.224 e. The van der Waals surface area contributed by atoms with Gasteiger partial charge in [0.1, 0.15) is 10.7 Å². The van der Waals surface area contributed by atoms with Crippen molar-refractivity contribution in [1.29, 1.82) is 0 Å². The third-order valence-electron chi connectivity index (χ3n) is 2.36. The van der Waals surface area contributed by atoms with E-state index in [2.05, 4.69) is 34.1 Å². The van der Waals surface area contributed by atoms with Crippen LogP contribution in [0.15, 0.2) is 23.0 Å². The summed E-state index contributed by atoms with van der Waals surface area (Å²) in [6, 6.07) is 2.33. The van der Waals surface area contributed by atoms with Crippen molar-refractivity contribution in [3.8, 4) is 10.7 Å². The van der Waals surface area contributed by atoms with E-state index in [4.69, 9.17) is 0 Å². The zero-order valence-electron chi connectivity index (χ0n) is 10.0. The molecule has 18 heavy (non-hydrogen) atoms. The van der Waals surface area contributed by atoms with Gasteiger partial charge in [0.2, 0.25) is 5.95 Å². The molecule has 0 atom stereocenters. The van der Waals surface area contributed by atoms with Crippen molar-refractivity contribution in [1.82, 2.24) is 15.0 Å². The Morgan fingerprint density at radius 2 is 2.06 bits per heavy atom. The van der Waals surface area contributed by atoms with Crippen molar-refractivity contribution in [2.24, 2.45) is 0 Å². The molecule has 0 aromatic carbocycles. The molecule has 0 radical (unpaired) electrons. The molecule has 0 saturated heterocycles. The molecule has 4 nitrogen and oxygen atoms in total. The van der Waals surface area contributed by atoms with Crippen molar-refractivity contribution in [3.63, 3.8) is 0 Å². The van der Waals surface area contributed by atoms with Crippen molar-refractivity contribution in [2.75, 3.05) is 5.32 Å². The maximum Gasteiger partial charge on any atom is 0.224 e. The van der Waals surface area contributed by atoms with Gasteiger partial charge in [0.25, 0.3) is 0 Å². The normalized spacial score (nSPS) is 11.3. The second-order valence-electron chi connectivity index (χ2n) is 4.17. The van der Waals surface area contributed by atoms with E-state index in [1.807, 2.05) is 16.8 Å². The summed E-state index contributed by atoms with van der Waals surface area (Å²) in [7, 11) is 0. The fraction of sp³-hybridized carbons (Fsp3) is 0.250. The fourth-order valence-electron chi connectivity index (χ4n) is 1.67. The number of fused-ring (bicyclic) bond motifs is 1. The molecular formula is C12H12N4S2. The lowest BCUT2D eigenvalue weighted by Gasteiger charge is -2.09. The Hall–Kier alpha value is -1.53. The molecule has 0 aliphatic heterocycles.